The van der Waals surface area contributed by atoms with Crippen LogP contribution < -0.4 is 0 Å². The number of halogens is 4. The third-order valence-electron chi connectivity index (χ3n) is 3.95. The lowest BCUT2D eigenvalue weighted by molar-refractivity contribution is -0.142. The molecular weight excluding hydrogens is 401 g/mol. The van der Waals surface area contributed by atoms with Gasteiger partial charge in [-0.15, -0.1) is 0 Å². The number of hydrogen-bond donors (Lipinski definition) is 1. The van der Waals surface area contributed by atoms with Gasteiger partial charge in [-0.3, -0.25) is 9.78 Å². The predicted molar refractivity (Wildman–Crippen MR) is 86.1 cm³/mol. The molecule has 2 aromatic rings. The van der Waals surface area contributed by atoms with E-state index in [4.69, 9.17) is 0 Å². The summed E-state index contributed by atoms with van der Waals surface area (Å²) in [5.41, 5.74) is -0.290. The second-order valence-electron chi connectivity index (χ2n) is 5.45. The van der Waals surface area contributed by atoms with Crippen molar-refractivity contribution >= 4 is 21.9 Å². The molecule has 0 aliphatic rings. The van der Waals surface area contributed by atoms with Crippen molar-refractivity contribution in [2.75, 3.05) is 0 Å². The van der Waals surface area contributed by atoms with Gasteiger partial charge in [-0.1, -0.05) is 13.0 Å². The Hall–Kier alpha value is -2.40. The molecule has 3 atom stereocenters. The Bertz CT molecular complexity index is 834. The standard InChI is InChI=1S/C17H12BrF3N2O2/c1-8(17(24)25)15(16-13(20)6-23-7-14(16)21)10(5-22)9-2-3-12(19)11(18)4-9/h2-4,6-8,10,15H,1H3,(H,24,25). The van der Waals surface area contributed by atoms with Crippen LogP contribution in [0.2, 0.25) is 0 Å². The van der Waals surface area contributed by atoms with E-state index >= 15 is 0 Å². The molecular formula is C17H12BrF3N2O2. The lowest BCUT2D eigenvalue weighted by Gasteiger charge is -2.27. The van der Waals surface area contributed by atoms with Gasteiger partial charge in [0.2, 0.25) is 0 Å². The summed E-state index contributed by atoms with van der Waals surface area (Å²) in [6.45, 7) is 1.26. The zero-order valence-electron chi connectivity index (χ0n) is 12.9. The number of rotatable bonds is 5. The molecule has 1 aromatic carbocycles. The molecule has 0 aliphatic carbocycles. The van der Waals surface area contributed by atoms with E-state index in [1.165, 1.54) is 19.1 Å². The first-order chi connectivity index (χ1) is 11.8. The predicted octanol–water partition coefficient (Wildman–Crippen LogP) is 4.37. The van der Waals surface area contributed by atoms with Gasteiger partial charge in [0, 0.05) is 11.5 Å². The normalized spacial score (nSPS) is 14.4. The maximum absolute atomic E-state index is 14.2. The van der Waals surface area contributed by atoms with E-state index in [9.17, 15) is 28.3 Å². The highest BCUT2D eigenvalue weighted by molar-refractivity contribution is 9.10. The number of benzene rings is 1. The number of aromatic nitrogens is 1. The zero-order valence-corrected chi connectivity index (χ0v) is 14.5. The van der Waals surface area contributed by atoms with Gasteiger partial charge >= 0.3 is 5.97 Å². The number of nitrogens with zero attached hydrogens (tertiary/aromatic N) is 2. The Balaban J connectivity index is 2.67. The topological polar surface area (TPSA) is 74.0 Å². The minimum atomic E-state index is -1.33. The Morgan fingerprint density at radius 2 is 1.84 bits per heavy atom. The van der Waals surface area contributed by atoms with Gasteiger partial charge < -0.3 is 5.11 Å². The van der Waals surface area contributed by atoms with E-state index in [2.05, 4.69) is 20.9 Å². The van der Waals surface area contributed by atoms with E-state index in [0.717, 1.165) is 18.5 Å². The summed E-state index contributed by atoms with van der Waals surface area (Å²) in [6.07, 6.45) is 1.52. The summed E-state index contributed by atoms with van der Waals surface area (Å²) >= 11 is 2.98. The fraction of sp³-hybridized carbons (Fsp3) is 0.235. The summed E-state index contributed by atoms with van der Waals surface area (Å²) in [4.78, 5) is 14.8. The number of nitriles is 1. The SMILES string of the molecule is CC(C(=O)O)C(c1c(F)cncc1F)C(C#N)c1ccc(F)c(Br)c1. The van der Waals surface area contributed by atoms with Crippen molar-refractivity contribution in [1.29, 1.82) is 5.26 Å². The second kappa shape index (κ2) is 7.66. The van der Waals surface area contributed by atoms with Gasteiger partial charge in [-0.2, -0.15) is 5.26 Å². The van der Waals surface area contributed by atoms with Gasteiger partial charge in [0.1, 0.15) is 17.5 Å². The lowest BCUT2D eigenvalue weighted by atomic mass is 9.75. The van der Waals surface area contributed by atoms with Crippen molar-refractivity contribution in [3.63, 3.8) is 0 Å². The maximum Gasteiger partial charge on any atom is 0.306 e. The van der Waals surface area contributed by atoms with Crippen LogP contribution in [0.3, 0.4) is 0 Å². The van der Waals surface area contributed by atoms with Crippen LogP contribution in [0, 0.1) is 34.7 Å². The molecule has 2 rings (SSSR count). The molecule has 8 heteroatoms. The molecule has 0 bridgehead atoms. The molecule has 0 spiro atoms. The third-order valence-corrected chi connectivity index (χ3v) is 4.56. The molecule has 0 radical (unpaired) electrons. The molecule has 4 nitrogen and oxygen atoms in total. The summed E-state index contributed by atoms with van der Waals surface area (Å²) in [5, 5.41) is 18.9. The van der Waals surface area contributed by atoms with Crippen molar-refractivity contribution in [1.82, 2.24) is 4.98 Å². The average Bonchev–Trinajstić information content (AvgIpc) is 2.56. The van der Waals surface area contributed by atoms with Crippen LogP contribution in [0.1, 0.15) is 29.9 Å². The number of carboxylic acid groups (broad SMARTS) is 1. The van der Waals surface area contributed by atoms with E-state index in [0.29, 0.717) is 0 Å². The molecule has 130 valence electrons. The maximum atomic E-state index is 14.2. The molecule has 1 N–H and O–H groups in total. The van der Waals surface area contributed by atoms with E-state index in [1.807, 2.05) is 6.07 Å². The summed E-state index contributed by atoms with van der Waals surface area (Å²) in [6, 6.07) is 5.56. The quantitative estimate of drug-likeness (QED) is 0.790. The molecule has 0 amide bonds. The number of aliphatic carboxylic acids is 1. The Kier molecular flexibility index (Phi) is 5.80. The van der Waals surface area contributed by atoms with E-state index in [-0.39, 0.29) is 10.0 Å². The zero-order chi connectivity index (χ0) is 18.7. The van der Waals surface area contributed by atoms with Crippen LogP contribution in [0.25, 0.3) is 0 Å². The van der Waals surface area contributed by atoms with Crippen molar-refractivity contribution in [3.8, 4) is 6.07 Å². The molecule has 0 aliphatic heterocycles. The van der Waals surface area contributed by atoms with Crippen molar-refractivity contribution in [3.05, 3.63) is 63.6 Å². The Labute approximate surface area is 150 Å². The molecule has 0 fully saturated rings. The smallest absolute Gasteiger partial charge is 0.306 e. The van der Waals surface area contributed by atoms with Gasteiger partial charge in [0.05, 0.1) is 34.8 Å². The van der Waals surface area contributed by atoms with Crippen molar-refractivity contribution in [2.24, 2.45) is 5.92 Å². The van der Waals surface area contributed by atoms with E-state index < -0.39 is 46.7 Å². The highest BCUT2D eigenvalue weighted by atomic mass is 79.9. The fourth-order valence-corrected chi connectivity index (χ4v) is 3.06. The highest BCUT2D eigenvalue weighted by Gasteiger charge is 2.37. The summed E-state index contributed by atoms with van der Waals surface area (Å²) < 4.78 is 41.9. The molecule has 25 heavy (non-hydrogen) atoms. The van der Waals surface area contributed by atoms with Gasteiger partial charge in [0.25, 0.3) is 0 Å². The third kappa shape index (κ3) is 3.82. The number of carboxylic acids is 1. The Morgan fingerprint density at radius 3 is 2.32 bits per heavy atom. The first-order valence-corrected chi connectivity index (χ1v) is 7.93. The first-order valence-electron chi connectivity index (χ1n) is 7.14. The van der Waals surface area contributed by atoms with Crippen LogP contribution in [0.5, 0.6) is 0 Å². The fourth-order valence-electron chi connectivity index (χ4n) is 2.67. The Morgan fingerprint density at radius 1 is 1.24 bits per heavy atom. The van der Waals surface area contributed by atoms with Gasteiger partial charge in [-0.25, -0.2) is 13.2 Å². The van der Waals surface area contributed by atoms with E-state index in [1.54, 1.807) is 0 Å². The minimum Gasteiger partial charge on any atom is -0.481 e. The van der Waals surface area contributed by atoms with Crippen LogP contribution in [0.15, 0.2) is 35.1 Å². The highest BCUT2D eigenvalue weighted by Crippen LogP contribution is 2.41. The minimum absolute atomic E-state index is 0.0580. The summed E-state index contributed by atoms with van der Waals surface area (Å²) in [5.74, 6) is -7.80. The lowest BCUT2D eigenvalue weighted by Crippen LogP contribution is -2.26. The average molecular weight is 413 g/mol. The number of pyridine rings is 1. The molecule has 0 saturated carbocycles. The molecule has 0 saturated heterocycles. The molecule has 1 aromatic heterocycles. The molecule has 1 heterocycles. The van der Waals surface area contributed by atoms with Gasteiger partial charge in [-0.05, 0) is 33.6 Å². The monoisotopic (exact) mass is 412 g/mol. The number of carbonyl (C=O) groups is 1. The summed E-state index contributed by atoms with van der Waals surface area (Å²) in [7, 11) is 0. The van der Waals surface area contributed by atoms with Crippen LogP contribution in [0.4, 0.5) is 13.2 Å². The molecule has 3 unspecified atom stereocenters. The van der Waals surface area contributed by atoms with Crippen molar-refractivity contribution < 1.29 is 23.1 Å². The van der Waals surface area contributed by atoms with Crippen LogP contribution in [-0.4, -0.2) is 16.1 Å². The number of hydrogen-bond acceptors (Lipinski definition) is 3. The van der Waals surface area contributed by atoms with Gasteiger partial charge in [0.15, 0.2) is 0 Å². The van der Waals surface area contributed by atoms with Crippen LogP contribution in [-0.2, 0) is 4.79 Å². The van der Waals surface area contributed by atoms with Crippen LogP contribution >= 0.6 is 15.9 Å². The van der Waals surface area contributed by atoms with Crippen molar-refractivity contribution in [2.45, 2.75) is 18.8 Å². The largest absolute Gasteiger partial charge is 0.481 e. The second-order valence-corrected chi connectivity index (χ2v) is 6.30. The first kappa shape index (κ1) is 18.9.